The molecule has 1 saturated carbocycles. The number of nitrogens with zero attached hydrogens (tertiary/aromatic N) is 3. The predicted octanol–water partition coefficient (Wildman–Crippen LogP) is 3.15. The molecule has 1 aliphatic carbocycles. The van der Waals surface area contributed by atoms with E-state index in [1.165, 1.54) is 49.9 Å². The Balaban J connectivity index is 1.34. The maximum atomic E-state index is 4.42. The SMILES string of the molecule is CN=C(NCCN(C)C1CCCCC1)NC1CCN(c2cccs2)CC1. The summed E-state index contributed by atoms with van der Waals surface area (Å²) < 4.78 is 0. The molecule has 3 rings (SSSR count). The Hall–Kier alpha value is -1.27. The first-order chi connectivity index (χ1) is 12.8. The van der Waals surface area contributed by atoms with Gasteiger partial charge in [0.2, 0.25) is 0 Å². The van der Waals surface area contributed by atoms with Gasteiger partial charge in [-0.3, -0.25) is 4.99 Å². The van der Waals surface area contributed by atoms with Gasteiger partial charge in [0.25, 0.3) is 0 Å². The fourth-order valence-electron chi connectivity index (χ4n) is 4.14. The minimum absolute atomic E-state index is 0.522. The third-order valence-corrected chi connectivity index (χ3v) is 6.76. The van der Waals surface area contributed by atoms with Crippen molar-refractivity contribution in [1.29, 1.82) is 0 Å². The van der Waals surface area contributed by atoms with Crippen molar-refractivity contribution >= 4 is 22.3 Å². The Kier molecular flexibility index (Phi) is 7.62. The minimum Gasteiger partial charge on any atom is -0.363 e. The highest BCUT2D eigenvalue weighted by Crippen LogP contribution is 2.24. The zero-order chi connectivity index (χ0) is 18.2. The van der Waals surface area contributed by atoms with E-state index in [0.717, 1.165) is 38.2 Å². The smallest absolute Gasteiger partial charge is 0.191 e. The van der Waals surface area contributed by atoms with E-state index in [9.17, 15) is 0 Å². The zero-order valence-electron chi connectivity index (χ0n) is 16.4. The molecular formula is C20H35N5S. The maximum Gasteiger partial charge on any atom is 0.191 e. The molecule has 5 nitrogen and oxygen atoms in total. The standard InChI is InChI=1S/C20H35N5S/c1-21-20(22-12-15-24(2)18-7-4-3-5-8-18)23-17-10-13-25(14-11-17)19-9-6-16-26-19/h6,9,16-18H,3-5,7-8,10-15H2,1-2H3,(H2,21,22,23). The third-order valence-electron chi connectivity index (χ3n) is 5.83. The summed E-state index contributed by atoms with van der Waals surface area (Å²) in [4.78, 5) is 9.45. The highest BCUT2D eigenvalue weighted by molar-refractivity contribution is 7.14. The van der Waals surface area contributed by atoms with Gasteiger partial charge in [0, 0.05) is 45.3 Å². The van der Waals surface area contributed by atoms with Crippen molar-refractivity contribution in [2.45, 2.75) is 57.0 Å². The fourth-order valence-corrected chi connectivity index (χ4v) is 4.92. The van der Waals surface area contributed by atoms with E-state index in [1.54, 1.807) is 0 Å². The van der Waals surface area contributed by atoms with Crippen molar-refractivity contribution in [2.75, 3.05) is 45.2 Å². The van der Waals surface area contributed by atoms with E-state index in [1.807, 2.05) is 18.4 Å². The number of guanidine groups is 1. The Morgan fingerprint density at radius 3 is 2.65 bits per heavy atom. The summed E-state index contributed by atoms with van der Waals surface area (Å²) in [6, 6.07) is 5.66. The Labute approximate surface area is 162 Å². The predicted molar refractivity (Wildman–Crippen MR) is 114 cm³/mol. The first kappa shape index (κ1) is 19.5. The van der Waals surface area contributed by atoms with Crippen LogP contribution >= 0.6 is 11.3 Å². The minimum atomic E-state index is 0.522. The van der Waals surface area contributed by atoms with Crippen molar-refractivity contribution in [3.63, 3.8) is 0 Å². The number of rotatable bonds is 6. The quantitative estimate of drug-likeness (QED) is 0.590. The monoisotopic (exact) mass is 377 g/mol. The van der Waals surface area contributed by atoms with Gasteiger partial charge in [0.1, 0.15) is 0 Å². The average molecular weight is 378 g/mol. The fraction of sp³-hybridized carbons (Fsp3) is 0.750. The molecule has 146 valence electrons. The lowest BCUT2D eigenvalue weighted by molar-refractivity contribution is 0.194. The van der Waals surface area contributed by atoms with Gasteiger partial charge in [0.15, 0.2) is 5.96 Å². The summed E-state index contributed by atoms with van der Waals surface area (Å²) >= 11 is 1.84. The molecule has 2 fully saturated rings. The number of piperidine rings is 1. The van der Waals surface area contributed by atoms with Crippen molar-refractivity contribution < 1.29 is 0 Å². The van der Waals surface area contributed by atoms with Gasteiger partial charge in [-0.15, -0.1) is 11.3 Å². The van der Waals surface area contributed by atoms with E-state index >= 15 is 0 Å². The molecule has 0 amide bonds. The largest absolute Gasteiger partial charge is 0.363 e. The topological polar surface area (TPSA) is 42.9 Å². The normalized spacial score (nSPS) is 20.6. The lowest BCUT2D eigenvalue weighted by Crippen LogP contribution is -2.50. The first-order valence-corrected chi connectivity index (χ1v) is 11.1. The summed E-state index contributed by atoms with van der Waals surface area (Å²) in [5.41, 5.74) is 0. The van der Waals surface area contributed by atoms with Crippen LogP contribution in [0.4, 0.5) is 5.00 Å². The number of hydrogen-bond donors (Lipinski definition) is 2. The van der Waals surface area contributed by atoms with E-state index in [0.29, 0.717) is 6.04 Å². The molecule has 0 bridgehead atoms. The molecule has 2 aliphatic rings. The Morgan fingerprint density at radius 2 is 2.00 bits per heavy atom. The van der Waals surface area contributed by atoms with Crippen molar-refractivity contribution in [3.05, 3.63) is 17.5 Å². The van der Waals surface area contributed by atoms with E-state index in [-0.39, 0.29) is 0 Å². The van der Waals surface area contributed by atoms with Crippen LogP contribution in [0.1, 0.15) is 44.9 Å². The van der Waals surface area contributed by atoms with Crippen LogP contribution in [-0.4, -0.2) is 63.2 Å². The van der Waals surface area contributed by atoms with Crippen LogP contribution < -0.4 is 15.5 Å². The molecular weight excluding hydrogens is 342 g/mol. The van der Waals surface area contributed by atoms with E-state index in [4.69, 9.17) is 0 Å². The summed E-state index contributed by atoms with van der Waals surface area (Å²) in [6.07, 6.45) is 9.29. The highest BCUT2D eigenvalue weighted by Gasteiger charge is 2.21. The molecule has 1 saturated heterocycles. The summed E-state index contributed by atoms with van der Waals surface area (Å²) in [6.45, 7) is 4.29. The number of hydrogen-bond acceptors (Lipinski definition) is 4. The van der Waals surface area contributed by atoms with Crippen LogP contribution in [0.15, 0.2) is 22.5 Å². The van der Waals surface area contributed by atoms with Gasteiger partial charge in [-0.2, -0.15) is 0 Å². The van der Waals surface area contributed by atoms with Gasteiger partial charge in [0.05, 0.1) is 5.00 Å². The molecule has 0 aromatic carbocycles. The number of anilines is 1. The third kappa shape index (κ3) is 5.61. The van der Waals surface area contributed by atoms with Gasteiger partial charge >= 0.3 is 0 Å². The van der Waals surface area contributed by atoms with Crippen LogP contribution in [0, 0.1) is 0 Å². The summed E-state index contributed by atoms with van der Waals surface area (Å²) in [7, 11) is 4.15. The first-order valence-electron chi connectivity index (χ1n) is 10.2. The van der Waals surface area contributed by atoms with Crippen LogP contribution in [0.3, 0.4) is 0 Å². The molecule has 1 aliphatic heterocycles. The summed E-state index contributed by atoms with van der Waals surface area (Å²) in [5, 5.41) is 10.7. The molecule has 6 heteroatoms. The molecule has 0 spiro atoms. The van der Waals surface area contributed by atoms with Gasteiger partial charge in [-0.25, -0.2) is 0 Å². The molecule has 26 heavy (non-hydrogen) atoms. The number of thiophene rings is 1. The van der Waals surface area contributed by atoms with Crippen molar-refractivity contribution in [2.24, 2.45) is 4.99 Å². The van der Waals surface area contributed by atoms with Gasteiger partial charge in [-0.05, 0) is 50.2 Å². The molecule has 0 atom stereocenters. The number of nitrogens with one attached hydrogen (secondary N) is 2. The molecule has 0 radical (unpaired) electrons. The van der Waals surface area contributed by atoms with Crippen LogP contribution in [0.2, 0.25) is 0 Å². The van der Waals surface area contributed by atoms with Gasteiger partial charge < -0.3 is 20.4 Å². The lowest BCUT2D eigenvalue weighted by atomic mass is 9.94. The molecule has 1 aromatic rings. The van der Waals surface area contributed by atoms with Crippen LogP contribution in [0.5, 0.6) is 0 Å². The zero-order valence-corrected chi connectivity index (χ0v) is 17.2. The molecule has 0 unspecified atom stereocenters. The molecule has 2 heterocycles. The van der Waals surface area contributed by atoms with Crippen molar-refractivity contribution in [1.82, 2.24) is 15.5 Å². The Morgan fingerprint density at radius 1 is 1.23 bits per heavy atom. The summed E-state index contributed by atoms with van der Waals surface area (Å²) in [5.74, 6) is 0.955. The number of aliphatic imine (C=N–C) groups is 1. The second-order valence-electron chi connectivity index (χ2n) is 7.63. The Bertz CT molecular complexity index is 530. The second-order valence-corrected chi connectivity index (χ2v) is 8.55. The van der Waals surface area contributed by atoms with E-state index in [2.05, 4.69) is 50.0 Å². The highest BCUT2D eigenvalue weighted by atomic mass is 32.1. The average Bonchev–Trinajstić information content (AvgIpc) is 3.23. The molecule has 2 N–H and O–H groups in total. The van der Waals surface area contributed by atoms with Gasteiger partial charge in [-0.1, -0.05) is 19.3 Å². The molecule has 1 aromatic heterocycles. The second kappa shape index (κ2) is 10.2. The van der Waals surface area contributed by atoms with Crippen LogP contribution in [0.25, 0.3) is 0 Å². The van der Waals surface area contributed by atoms with Crippen molar-refractivity contribution in [3.8, 4) is 0 Å². The maximum absolute atomic E-state index is 4.42. The van der Waals surface area contributed by atoms with E-state index < -0.39 is 0 Å². The van der Waals surface area contributed by atoms with Crippen LogP contribution in [-0.2, 0) is 0 Å². The number of likely N-dealkylation sites (N-methyl/N-ethyl adjacent to an activating group) is 1. The lowest BCUT2D eigenvalue weighted by Gasteiger charge is -2.34.